The second-order valence-electron chi connectivity index (χ2n) is 11.0. The van der Waals surface area contributed by atoms with E-state index in [1.165, 1.54) is 19.3 Å². The molecular weight excluding hydrogens is 428 g/mol. The van der Waals surface area contributed by atoms with Gasteiger partial charge in [-0.1, -0.05) is 110 Å². The molecule has 0 rings (SSSR count). The molecule has 0 saturated heterocycles. The van der Waals surface area contributed by atoms with Gasteiger partial charge in [0, 0.05) is 11.8 Å². The maximum atomic E-state index is 11.9. The molecule has 0 unspecified atom stereocenters. The van der Waals surface area contributed by atoms with E-state index in [1.54, 1.807) is 0 Å². The van der Waals surface area contributed by atoms with Crippen LogP contribution in [0.4, 0.5) is 0 Å². The van der Waals surface area contributed by atoms with Gasteiger partial charge in [-0.3, -0.25) is 14.4 Å². The fourth-order valence-electron chi connectivity index (χ4n) is 4.39. The molecule has 0 aromatic heterocycles. The van der Waals surface area contributed by atoms with Gasteiger partial charge in [0.1, 0.15) is 5.78 Å². The van der Waals surface area contributed by atoms with Gasteiger partial charge in [0.25, 0.3) is 0 Å². The highest BCUT2D eigenvalue weighted by atomic mass is 16.4. The zero-order valence-electron chi connectivity index (χ0n) is 22.3. The Morgan fingerprint density at radius 1 is 0.618 bits per heavy atom. The van der Waals surface area contributed by atoms with Gasteiger partial charge in [-0.2, -0.15) is 0 Å². The predicted molar refractivity (Wildman–Crippen MR) is 140 cm³/mol. The summed E-state index contributed by atoms with van der Waals surface area (Å²) in [4.78, 5) is 35.7. The molecule has 198 valence electrons. The number of carboxylic acids is 2. The van der Waals surface area contributed by atoms with Gasteiger partial charge in [-0.25, -0.2) is 0 Å². The van der Waals surface area contributed by atoms with E-state index in [-0.39, 0.29) is 18.3 Å². The van der Waals surface area contributed by atoms with Crippen molar-refractivity contribution in [2.45, 2.75) is 143 Å². The van der Waals surface area contributed by atoms with Crippen LogP contribution in [0.25, 0.3) is 0 Å². The normalized spacial score (nSPS) is 12.0. The molecule has 2 N–H and O–H groups in total. The maximum Gasteiger partial charge on any atom is 0.321 e. The van der Waals surface area contributed by atoms with E-state index >= 15 is 0 Å². The number of rotatable bonds is 23. The quantitative estimate of drug-likeness (QED) is 0.0870. The molecule has 34 heavy (non-hydrogen) atoms. The summed E-state index contributed by atoms with van der Waals surface area (Å²) < 4.78 is 0. The molecule has 0 saturated carbocycles. The number of allylic oxidation sites excluding steroid dienone is 1. The minimum atomic E-state index is -1.64. The molecule has 0 aromatic carbocycles. The minimum Gasteiger partial charge on any atom is -0.480 e. The third-order valence-electron chi connectivity index (χ3n) is 6.92. The van der Waals surface area contributed by atoms with Crippen LogP contribution in [-0.2, 0) is 14.4 Å². The summed E-state index contributed by atoms with van der Waals surface area (Å²) in [5.74, 6) is -2.05. The Morgan fingerprint density at radius 3 is 1.32 bits per heavy atom. The summed E-state index contributed by atoms with van der Waals surface area (Å²) in [6, 6.07) is 0. The fraction of sp³-hybridized carbons (Fsp3) is 0.828. The van der Waals surface area contributed by atoms with E-state index in [0.717, 1.165) is 70.6 Å². The van der Waals surface area contributed by atoms with Crippen LogP contribution in [-0.4, -0.2) is 27.9 Å². The standard InChI is InChI=1S/C29H52O5/c1-5-6-7-8-9-11-14-17-20-23-29(26(31)32,27(33)34)24-21-18-15-12-10-13-16-19-22-25(30)28(2,3)4/h5H,1,6-24H2,2-4H3,(H,31,32)(H,33,34). The van der Waals surface area contributed by atoms with Gasteiger partial charge in [0.15, 0.2) is 5.41 Å². The number of hydrogen-bond donors (Lipinski definition) is 2. The van der Waals surface area contributed by atoms with Crippen LogP contribution < -0.4 is 0 Å². The van der Waals surface area contributed by atoms with Crippen molar-refractivity contribution in [3.8, 4) is 0 Å². The number of carbonyl (C=O) groups excluding carboxylic acids is 1. The van der Waals surface area contributed by atoms with Gasteiger partial charge in [-0.15, -0.1) is 6.58 Å². The Bertz CT molecular complexity index is 574. The van der Waals surface area contributed by atoms with Crippen molar-refractivity contribution in [3.05, 3.63) is 12.7 Å². The molecule has 0 aliphatic rings. The van der Waals surface area contributed by atoms with Crippen LogP contribution in [0.3, 0.4) is 0 Å². The molecule has 5 nitrogen and oxygen atoms in total. The molecule has 0 aliphatic heterocycles. The van der Waals surface area contributed by atoms with Crippen molar-refractivity contribution in [3.63, 3.8) is 0 Å². The number of hydrogen-bond acceptors (Lipinski definition) is 3. The van der Waals surface area contributed by atoms with Crippen LogP contribution in [0.5, 0.6) is 0 Å². The van der Waals surface area contributed by atoms with Gasteiger partial charge in [-0.05, 0) is 32.1 Å². The highest BCUT2D eigenvalue weighted by Gasteiger charge is 2.45. The predicted octanol–water partition coefficient (Wildman–Crippen LogP) is 8.36. The van der Waals surface area contributed by atoms with Crippen molar-refractivity contribution < 1.29 is 24.6 Å². The molecule has 0 spiro atoms. The number of carbonyl (C=O) groups is 3. The molecule has 0 fully saturated rings. The monoisotopic (exact) mass is 480 g/mol. The zero-order valence-corrected chi connectivity index (χ0v) is 22.3. The SMILES string of the molecule is C=CCCCCCCCCCC(CCCCCCCCCCC(=O)C(C)(C)C)(C(=O)O)C(=O)O. The first-order chi connectivity index (χ1) is 16.1. The van der Waals surface area contributed by atoms with Crippen LogP contribution in [0.2, 0.25) is 0 Å². The summed E-state index contributed by atoms with van der Waals surface area (Å²) in [5, 5.41) is 19.4. The molecule has 0 radical (unpaired) electrons. The van der Waals surface area contributed by atoms with E-state index < -0.39 is 17.4 Å². The van der Waals surface area contributed by atoms with Crippen molar-refractivity contribution >= 4 is 17.7 Å². The third kappa shape index (κ3) is 14.6. The lowest BCUT2D eigenvalue weighted by Crippen LogP contribution is -2.39. The summed E-state index contributed by atoms with van der Waals surface area (Å²) in [6.45, 7) is 9.62. The van der Waals surface area contributed by atoms with Crippen LogP contribution in [0.15, 0.2) is 12.7 Å². The van der Waals surface area contributed by atoms with E-state index in [2.05, 4.69) is 6.58 Å². The van der Waals surface area contributed by atoms with Crippen LogP contribution in [0.1, 0.15) is 143 Å². The number of Topliss-reactive ketones (excluding diaryl/α,β-unsaturated/α-hetero) is 1. The van der Waals surface area contributed by atoms with Gasteiger partial charge in [0.05, 0.1) is 0 Å². The second-order valence-corrected chi connectivity index (χ2v) is 11.0. The summed E-state index contributed by atoms with van der Waals surface area (Å²) in [6.07, 6.45) is 19.2. The molecule has 0 heterocycles. The number of unbranched alkanes of at least 4 members (excludes halogenated alkanes) is 14. The average Bonchev–Trinajstić information content (AvgIpc) is 2.76. The first-order valence-corrected chi connectivity index (χ1v) is 13.7. The Kier molecular flexibility index (Phi) is 17.7. The molecule has 5 heteroatoms. The average molecular weight is 481 g/mol. The summed E-state index contributed by atoms with van der Waals surface area (Å²) >= 11 is 0. The molecule has 0 bridgehead atoms. The van der Waals surface area contributed by atoms with Crippen molar-refractivity contribution in [1.82, 2.24) is 0 Å². The minimum absolute atomic E-state index is 0.216. The number of aliphatic carboxylic acids is 2. The fourth-order valence-corrected chi connectivity index (χ4v) is 4.39. The molecule has 0 amide bonds. The first kappa shape index (κ1) is 32.4. The molecule has 0 aromatic rings. The molecule has 0 aliphatic carbocycles. The van der Waals surface area contributed by atoms with Gasteiger partial charge >= 0.3 is 11.9 Å². The topological polar surface area (TPSA) is 91.7 Å². The molecular formula is C29H52O5. The second kappa shape index (κ2) is 18.6. The van der Waals surface area contributed by atoms with Crippen molar-refractivity contribution in [1.29, 1.82) is 0 Å². The highest BCUT2D eigenvalue weighted by molar-refractivity contribution is 5.98. The smallest absolute Gasteiger partial charge is 0.321 e. The highest BCUT2D eigenvalue weighted by Crippen LogP contribution is 2.33. The lowest BCUT2D eigenvalue weighted by atomic mass is 9.78. The van der Waals surface area contributed by atoms with Crippen molar-refractivity contribution in [2.75, 3.05) is 0 Å². The van der Waals surface area contributed by atoms with E-state index in [4.69, 9.17) is 0 Å². The zero-order chi connectivity index (χ0) is 25.9. The lowest BCUT2D eigenvalue weighted by Gasteiger charge is -2.25. The Hall–Kier alpha value is -1.65. The van der Waals surface area contributed by atoms with E-state index in [9.17, 15) is 24.6 Å². The molecule has 0 atom stereocenters. The van der Waals surface area contributed by atoms with Gasteiger partial charge < -0.3 is 10.2 Å². The van der Waals surface area contributed by atoms with Crippen LogP contribution in [0, 0.1) is 10.8 Å². The Morgan fingerprint density at radius 2 is 0.971 bits per heavy atom. The van der Waals surface area contributed by atoms with Crippen LogP contribution >= 0.6 is 0 Å². The lowest BCUT2D eigenvalue weighted by molar-refractivity contribution is -0.166. The first-order valence-electron chi connectivity index (χ1n) is 13.7. The third-order valence-corrected chi connectivity index (χ3v) is 6.92. The number of ketones is 1. The Labute approximate surface area is 208 Å². The largest absolute Gasteiger partial charge is 0.480 e. The van der Waals surface area contributed by atoms with E-state index in [0.29, 0.717) is 25.0 Å². The number of carboxylic acid groups (broad SMARTS) is 2. The van der Waals surface area contributed by atoms with E-state index in [1.807, 2.05) is 26.8 Å². The van der Waals surface area contributed by atoms with Crippen molar-refractivity contribution in [2.24, 2.45) is 10.8 Å². The maximum absolute atomic E-state index is 11.9. The van der Waals surface area contributed by atoms with Gasteiger partial charge in [0.2, 0.25) is 0 Å². The summed E-state index contributed by atoms with van der Waals surface area (Å²) in [7, 11) is 0. The Balaban J connectivity index is 4.06. The summed E-state index contributed by atoms with van der Waals surface area (Å²) in [5.41, 5.74) is -1.88.